The van der Waals surface area contributed by atoms with Gasteiger partial charge in [0.05, 0.1) is 0 Å². The van der Waals surface area contributed by atoms with Crippen LogP contribution in [-0.4, -0.2) is 25.6 Å². The zero-order valence-electron chi connectivity index (χ0n) is 5.86. The zero-order valence-corrected chi connectivity index (χ0v) is 8.79. The Hall–Kier alpha value is -1.83. The molecule has 0 aromatic carbocycles. The Kier molecular flexibility index (Phi) is 2.00. The van der Waals surface area contributed by atoms with Crippen molar-refractivity contribution in [3.8, 4) is 0 Å². The van der Waals surface area contributed by atoms with Gasteiger partial charge in [0.1, 0.15) is 0 Å². The molecular formula is C6O6W. The third-order valence-electron chi connectivity index (χ3n) is 1.25. The summed E-state index contributed by atoms with van der Waals surface area (Å²) < 4.78 is 3.15. The van der Waals surface area contributed by atoms with Crippen LogP contribution in [0.1, 0.15) is 0 Å². The third kappa shape index (κ3) is 0.855. The van der Waals surface area contributed by atoms with E-state index >= 15 is 0 Å². The number of carbonyl (C=O) groups excluding carboxylic acids is 6. The van der Waals surface area contributed by atoms with Crippen molar-refractivity contribution in [2.75, 3.05) is 0 Å². The van der Waals surface area contributed by atoms with Crippen LogP contribution in [0.5, 0.6) is 0 Å². The number of hydrogen-bond acceptors (Lipinski definition) is 6. The second-order valence-electron chi connectivity index (χ2n) is 2.03. The summed E-state index contributed by atoms with van der Waals surface area (Å²) in [6.45, 7) is 0. The summed E-state index contributed by atoms with van der Waals surface area (Å²) in [4.78, 5) is 61.7. The van der Waals surface area contributed by atoms with Gasteiger partial charge >= 0.3 is 65.2 Å². The second kappa shape index (κ2) is 2.33. The predicted molar refractivity (Wildman–Crippen MR) is 34.2 cm³/mol. The number of hydrogen-bond donors (Lipinski definition) is 0. The molecule has 0 unspecified atom stereocenters. The molecule has 13 heavy (non-hydrogen) atoms. The van der Waals surface area contributed by atoms with E-state index < -0.39 is 10.8 Å². The molecule has 0 bridgehead atoms. The quantitative estimate of drug-likeness (QED) is 0.482. The van der Waals surface area contributed by atoms with E-state index in [0.717, 1.165) is 0 Å². The Bertz CT molecular complexity index is 786. The van der Waals surface area contributed by atoms with Crippen molar-refractivity contribution in [1.29, 1.82) is 0 Å². The van der Waals surface area contributed by atoms with Gasteiger partial charge in [0, 0.05) is 0 Å². The van der Waals surface area contributed by atoms with E-state index in [9.17, 15) is 28.8 Å². The van der Waals surface area contributed by atoms with Gasteiger partial charge in [-0.15, -0.1) is 0 Å². The van der Waals surface area contributed by atoms with Crippen molar-refractivity contribution in [1.82, 2.24) is 0 Å². The molecule has 6 nitrogen and oxygen atoms in total. The SMILES string of the molecule is O=[C]=[W](=[C]=O)(=[C]=O)(=[C]=O)(=[C]=O)=[C]=O. The van der Waals surface area contributed by atoms with E-state index in [1.807, 2.05) is 0 Å². The van der Waals surface area contributed by atoms with Crippen LogP contribution in [0.25, 0.3) is 0 Å². The van der Waals surface area contributed by atoms with Crippen molar-refractivity contribution < 1.29 is 39.6 Å². The first-order valence-electron chi connectivity index (χ1n) is 2.45. The van der Waals surface area contributed by atoms with Crippen LogP contribution >= 0.6 is 0 Å². The molecule has 0 spiro atoms. The summed E-state index contributed by atoms with van der Waals surface area (Å²) in [5.41, 5.74) is 0. The molecule has 0 rings (SSSR count). The summed E-state index contributed by atoms with van der Waals surface area (Å²) in [6.07, 6.45) is 0. The molecule has 0 saturated carbocycles. The first-order valence-corrected chi connectivity index (χ1v) is 11.2. The van der Waals surface area contributed by atoms with E-state index in [2.05, 4.69) is 0 Å². The summed E-state index contributed by atoms with van der Waals surface area (Å²) in [5.74, 6) is 0. The van der Waals surface area contributed by atoms with Crippen molar-refractivity contribution in [2.24, 2.45) is 0 Å². The first-order chi connectivity index (χ1) is 5.97. The maximum atomic E-state index is 10.3. The van der Waals surface area contributed by atoms with E-state index in [-0.39, 0.29) is 0 Å². The molecule has 7 heteroatoms. The van der Waals surface area contributed by atoms with Gasteiger partial charge in [0.25, 0.3) is 0 Å². The van der Waals surface area contributed by atoms with Gasteiger partial charge < -0.3 is 0 Å². The standard InChI is InChI=1S/6CO.W/c6*1-2;. The summed E-state index contributed by atoms with van der Waals surface area (Å²) in [7, 11) is -7.54. The molecular weight excluding hydrogens is 352 g/mol. The molecule has 0 atom stereocenters. The number of rotatable bonds is 0. The Morgan fingerprint density at radius 3 is 0.615 bits per heavy atom. The van der Waals surface area contributed by atoms with Crippen LogP contribution in [0.15, 0.2) is 0 Å². The van der Waals surface area contributed by atoms with E-state index in [4.69, 9.17) is 0 Å². The van der Waals surface area contributed by atoms with Crippen LogP contribution in [0, 0.1) is 0 Å². The maximum absolute atomic E-state index is 10.3. The molecule has 0 aliphatic rings. The summed E-state index contributed by atoms with van der Waals surface area (Å²) in [5, 5.41) is 0. The molecule has 0 N–H and O–H groups in total. The third-order valence-corrected chi connectivity index (χ3v) is 10.2. The fourth-order valence-corrected chi connectivity index (χ4v) is 2.09. The van der Waals surface area contributed by atoms with Gasteiger partial charge in [-0.1, -0.05) is 0 Å². The average Bonchev–Trinajstić information content (AvgIpc) is 2.26. The van der Waals surface area contributed by atoms with Crippen LogP contribution in [0.3, 0.4) is 0 Å². The fourth-order valence-electron chi connectivity index (χ4n) is 0.255. The predicted octanol–water partition coefficient (Wildman–Crippen LogP) is -2.39. The van der Waals surface area contributed by atoms with E-state index in [1.165, 1.54) is 0 Å². The molecule has 0 aromatic heterocycles. The second-order valence-corrected chi connectivity index (χ2v) is 16.6. The fraction of sp³-hybridized carbons (Fsp3) is 0. The van der Waals surface area contributed by atoms with Crippen LogP contribution in [0.4, 0.5) is 0 Å². The minimum atomic E-state index is -7.54. The van der Waals surface area contributed by atoms with E-state index in [0.29, 0.717) is 25.6 Å². The van der Waals surface area contributed by atoms with Crippen molar-refractivity contribution >= 4 is 25.6 Å². The minimum absolute atomic E-state index is 0.524. The molecule has 0 aliphatic carbocycles. The summed E-state index contributed by atoms with van der Waals surface area (Å²) >= 11 is 0. The summed E-state index contributed by atoms with van der Waals surface area (Å²) in [6, 6.07) is 0. The molecule has 0 saturated heterocycles. The molecule has 0 aromatic rings. The molecule has 0 radical (unpaired) electrons. The molecule has 0 fully saturated rings. The molecule has 0 aliphatic heterocycles. The first kappa shape index (κ1) is 11.2. The van der Waals surface area contributed by atoms with Gasteiger partial charge in [0.15, 0.2) is 0 Å². The Balaban J connectivity index is 11.0. The molecule has 0 heterocycles. The average molecular weight is 352 g/mol. The monoisotopic (exact) mass is 352 g/mol. The Labute approximate surface area is 65.5 Å². The Morgan fingerprint density at radius 1 is 0.462 bits per heavy atom. The van der Waals surface area contributed by atoms with Gasteiger partial charge in [-0.05, 0) is 0 Å². The van der Waals surface area contributed by atoms with Gasteiger partial charge in [-0.25, -0.2) is 0 Å². The van der Waals surface area contributed by atoms with Crippen LogP contribution in [0.2, 0.25) is 0 Å². The zero-order chi connectivity index (χ0) is 10.7. The van der Waals surface area contributed by atoms with Gasteiger partial charge in [-0.3, -0.25) is 0 Å². The normalized spacial score (nSPS) is 8.31. The van der Waals surface area contributed by atoms with Gasteiger partial charge in [0.2, 0.25) is 0 Å². The van der Waals surface area contributed by atoms with Crippen molar-refractivity contribution in [3.63, 3.8) is 0 Å². The van der Waals surface area contributed by atoms with Crippen LogP contribution in [-0.2, 0) is 39.6 Å². The molecule has 66 valence electrons. The topological polar surface area (TPSA) is 102 Å². The van der Waals surface area contributed by atoms with Crippen molar-refractivity contribution in [3.05, 3.63) is 0 Å². The van der Waals surface area contributed by atoms with E-state index in [1.54, 1.807) is 0 Å². The van der Waals surface area contributed by atoms with Crippen LogP contribution < -0.4 is 0 Å². The molecule has 0 amide bonds. The Morgan fingerprint density at radius 2 is 0.615 bits per heavy atom. The van der Waals surface area contributed by atoms with Gasteiger partial charge in [-0.2, -0.15) is 0 Å². The van der Waals surface area contributed by atoms with Crippen molar-refractivity contribution in [2.45, 2.75) is 0 Å².